The van der Waals surface area contributed by atoms with Crippen molar-refractivity contribution in [3.8, 4) is 33.8 Å². The molecule has 2 unspecified atom stereocenters. The van der Waals surface area contributed by atoms with Gasteiger partial charge in [-0.05, 0) is 0 Å². The Morgan fingerprint density at radius 3 is 1.28 bits per heavy atom. The Bertz CT molecular complexity index is 3180. The number of allylic oxidation sites excluding steroid dienone is 2. The minimum atomic E-state index is -5.73. The Balaban J connectivity index is 1.31. The zero-order valence-electron chi connectivity index (χ0n) is 35.6. The van der Waals surface area contributed by atoms with Crippen LogP contribution >= 0.6 is 63.4 Å². The Morgan fingerprint density at radius 1 is 0.547 bits per heavy atom. The number of halogens is 6. The molecule has 322 valence electrons. The average Bonchev–Trinajstić information content (AvgIpc) is 4.06. The summed E-state index contributed by atoms with van der Waals surface area (Å²) in [5, 5.41) is 5.60. The minimum absolute atomic E-state index is 0.415. The normalized spacial score (nSPS) is 16.0. The van der Waals surface area contributed by atoms with Gasteiger partial charge in [0.05, 0.1) is 0 Å². The van der Waals surface area contributed by atoms with E-state index < -0.39 is 27.7 Å². The van der Waals surface area contributed by atoms with Gasteiger partial charge in [-0.2, -0.15) is 0 Å². The maximum atomic E-state index is 9.12. The fourth-order valence-electron chi connectivity index (χ4n) is 10.4. The number of hydrogen-bond acceptors (Lipinski definition) is 4. The monoisotopic (exact) mass is 1060 g/mol. The van der Waals surface area contributed by atoms with E-state index in [1.54, 1.807) is 14.2 Å². The van der Waals surface area contributed by atoms with Gasteiger partial charge in [0, 0.05) is 0 Å². The van der Waals surface area contributed by atoms with Crippen LogP contribution in [0.5, 0.6) is 11.5 Å². The van der Waals surface area contributed by atoms with Crippen molar-refractivity contribution in [2.45, 2.75) is 34.2 Å². The number of benzene rings is 6. The van der Waals surface area contributed by atoms with Gasteiger partial charge in [-0.15, -0.1) is 0 Å². The van der Waals surface area contributed by atoms with E-state index in [4.69, 9.17) is 81.7 Å². The molecule has 0 saturated heterocycles. The average molecular weight is 1060 g/mol. The van der Waals surface area contributed by atoms with E-state index >= 15 is 0 Å². The number of aryl methyl sites for hydroxylation is 2. The second kappa shape index (κ2) is 16.3. The van der Waals surface area contributed by atoms with Gasteiger partial charge in [0.25, 0.3) is 0 Å². The molecule has 0 radical (unpaired) electrons. The van der Waals surface area contributed by atoms with Gasteiger partial charge in [-0.1, -0.05) is 0 Å². The first-order chi connectivity index (χ1) is 30.6. The van der Waals surface area contributed by atoms with Gasteiger partial charge in [0.2, 0.25) is 0 Å². The molecule has 4 nitrogen and oxygen atoms in total. The number of fused-ring (bicyclic) bond motifs is 4. The standard InChI is InChI=1S/2C25H17Cl2O2.C2H6Si.2ClH.Zr/c2*1-14-7-8-15-9-18(24-19-6-4-3-5-16(19)13-29-24)10-20(15)23(14)17-11-21(26)25(28-2)22(27)12-17;1-3-2;;;/h2*3-13H,1-2H3;1-2H3;2*1H;/q;;;;;+2/p-2. The van der Waals surface area contributed by atoms with E-state index in [1.165, 1.54) is 0 Å². The number of hydrogen-bond donors (Lipinski definition) is 0. The molecule has 0 saturated carbocycles. The van der Waals surface area contributed by atoms with Gasteiger partial charge in [-0.3, -0.25) is 0 Å². The topological polar surface area (TPSA) is 44.7 Å². The van der Waals surface area contributed by atoms with Gasteiger partial charge in [0.15, 0.2) is 0 Å². The molecule has 0 amide bonds. The second-order valence-corrected chi connectivity index (χ2v) is 57.4. The van der Waals surface area contributed by atoms with Crippen LogP contribution < -0.4 is 9.47 Å². The van der Waals surface area contributed by atoms with Gasteiger partial charge in [-0.25, -0.2) is 0 Å². The summed E-state index contributed by atoms with van der Waals surface area (Å²) in [4.78, 5) is 0. The third-order valence-electron chi connectivity index (χ3n) is 13.4. The molecule has 2 aromatic heterocycles. The first-order valence-electron chi connectivity index (χ1n) is 20.7. The maximum absolute atomic E-state index is 9.12. The van der Waals surface area contributed by atoms with Crippen molar-refractivity contribution in [2.75, 3.05) is 14.2 Å². The van der Waals surface area contributed by atoms with Crippen molar-refractivity contribution < 1.29 is 33.3 Å². The summed E-state index contributed by atoms with van der Waals surface area (Å²) in [6.45, 7) is 8.78. The molecule has 2 heterocycles. The molecular formula is C52H40Cl6O4SiZr. The van der Waals surface area contributed by atoms with E-state index in [9.17, 15) is 0 Å². The summed E-state index contributed by atoms with van der Waals surface area (Å²) in [6.07, 6.45) is 8.16. The van der Waals surface area contributed by atoms with E-state index in [-0.39, 0.29) is 0 Å². The molecule has 0 aliphatic heterocycles. The van der Waals surface area contributed by atoms with Crippen molar-refractivity contribution in [1.82, 2.24) is 0 Å². The van der Waals surface area contributed by atoms with Crippen LogP contribution in [0.15, 0.2) is 118 Å². The molecule has 0 spiro atoms. The quantitative estimate of drug-likeness (QED) is 0.142. The zero-order chi connectivity index (χ0) is 45.0. The van der Waals surface area contributed by atoms with Crippen LogP contribution in [0.2, 0.25) is 33.2 Å². The SMILES string of the molecule is COc1c(Cl)cc(-c2c(C)ccc3c2C=C(c2occ4ccccc24)[CH]3[Zr]([Cl])([Cl])([CH]2C(c3occ4ccccc34)=Cc3c2ccc(C)c3-c2cc(Cl)c(OC)c(Cl)c2)=[Si](C)C)cc1Cl. The fourth-order valence-corrected chi connectivity index (χ4v) is 39.3. The summed E-state index contributed by atoms with van der Waals surface area (Å²) in [6, 6.07) is 32.9. The van der Waals surface area contributed by atoms with E-state index in [0.29, 0.717) is 31.6 Å². The van der Waals surface area contributed by atoms with Crippen molar-refractivity contribution in [3.05, 3.63) is 175 Å². The Morgan fingerprint density at radius 2 is 0.922 bits per heavy atom. The van der Waals surface area contributed by atoms with Crippen LogP contribution in [0.25, 0.3) is 67.1 Å². The molecule has 8 aromatic rings. The molecule has 12 heteroatoms. The van der Waals surface area contributed by atoms with Crippen molar-refractivity contribution in [2.24, 2.45) is 0 Å². The summed E-state index contributed by atoms with van der Waals surface area (Å²) < 4.78 is 23.6. The molecular weight excluding hydrogens is 1020 g/mol. The third kappa shape index (κ3) is 6.61. The summed E-state index contributed by atoms with van der Waals surface area (Å²) in [5.41, 5.74) is 10.1. The van der Waals surface area contributed by atoms with Gasteiger partial charge >= 0.3 is 404 Å². The van der Waals surface area contributed by atoms with Crippen LogP contribution in [-0.2, 0) is 15.0 Å². The molecule has 6 aromatic carbocycles. The zero-order valence-corrected chi connectivity index (χ0v) is 43.6. The number of rotatable bonds is 8. The predicted octanol–water partition coefficient (Wildman–Crippen LogP) is 17.9. The van der Waals surface area contributed by atoms with E-state index in [1.807, 2.05) is 61.1 Å². The molecule has 0 bridgehead atoms. The van der Waals surface area contributed by atoms with Crippen LogP contribution in [-0.4, -0.2) is 19.7 Å². The number of furan rings is 2. The summed E-state index contributed by atoms with van der Waals surface area (Å²) in [7, 11) is 21.4. The second-order valence-electron chi connectivity index (χ2n) is 17.0. The predicted molar refractivity (Wildman–Crippen MR) is 269 cm³/mol. The van der Waals surface area contributed by atoms with Gasteiger partial charge < -0.3 is 0 Å². The number of ether oxygens (including phenoxy) is 2. The molecule has 64 heavy (non-hydrogen) atoms. The molecule has 2 aliphatic carbocycles. The molecule has 10 rings (SSSR count). The molecule has 0 fully saturated rings. The first kappa shape index (κ1) is 44.2. The third-order valence-corrected chi connectivity index (χ3v) is 60.7. The summed E-state index contributed by atoms with van der Waals surface area (Å²) in [5.74, 6) is 2.34. The Kier molecular flexibility index (Phi) is 11.2. The fraction of sp³-hybridized carbons (Fsp3) is 0.154. The van der Waals surface area contributed by atoms with Crippen LogP contribution in [0.4, 0.5) is 0 Å². The van der Waals surface area contributed by atoms with Gasteiger partial charge in [0.1, 0.15) is 0 Å². The Hall–Kier alpha value is -3.68. The molecule has 2 aliphatic rings. The van der Waals surface area contributed by atoms with Crippen LogP contribution in [0.3, 0.4) is 0 Å². The molecule has 2 atom stereocenters. The van der Waals surface area contributed by atoms with E-state index in [2.05, 4.69) is 87.6 Å². The van der Waals surface area contributed by atoms with Crippen LogP contribution in [0.1, 0.15) is 52.2 Å². The van der Waals surface area contributed by atoms with Crippen LogP contribution in [0, 0.1) is 13.8 Å². The summed E-state index contributed by atoms with van der Waals surface area (Å²) >= 11 is 21.7. The molecule has 0 N–H and O–H groups in total. The van der Waals surface area contributed by atoms with E-state index in [0.717, 1.165) is 99.8 Å². The Labute approximate surface area is 400 Å². The van der Waals surface area contributed by atoms with Crippen molar-refractivity contribution in [1.29, 1.82) is 0 Å². The van der Waals surface area contributed by atoms with Crippen molar-refractivity contribution >= 4 is 114 Å². The number of methoxy groups -OCH3 is 2. The van der Waals surface area contributed by atoms with Crippen molar-refractivity contribution in [3.63, 3.8) is 0 Å². The first-order valence-corrected chi connectivity index (χ1v) is 37.6.